The van der Waals surface area contributed by atoms with Gasteiger partial charge < -0.3 is 0 Å². The lowest BCUT2D eigenvalue weighted by Gasteiger charge is -2.10. The van der Waals surface area contributed by atoms with Crippen LogP contribution in [0.2, 0.25) is 0 Å². The van der Waals surface area contributed by atoms with Crippen molar-refractivity contribution < 1.29 is 54.5 Å². The highest BCUT2D eigenvalue weighted by Crippen LogP contribution is 2.33. The van der Waals surface area contributed by atoms with Crippen LogP contribution >= 0.6 is 0 Å². The van der Waals surface area contributed by atoms with Crippen LogP contribution in [-0.4, -0.2) is 11.9 Å². The molecule has 0 aliphatic rings. The SMILES string of the molecule is O=C(OOC(=O)c1ccc(F)c(C(F)(F)F)c1)c1ccc(F)c(C(F)(F)F)c1. The molecule has 2 aromatic carbocycles. The Bertz CT molecular complexity index is 842. The topological polar surface area (TPSA) is 52.6 Å². The highest BCUT2D eigenvalue weighted by atomic mass is 19.4. The summed E-state index contributed by atoms with van der Waals surface area (Å²) < 4.78 is 102. The van der Waals surface area contributed by atoms with E-state index in [1.54, 1.807) is 0 Å². The van der Waals surface area contributed by atoms with E-state index in [0.717, 1.165) is 0 Å². The molecule has 0 aliphatic heterocycles. The van der Waals surface area contributed by atoms with E-state index in [1.807, 2.05) is 0 Å². The molecular formula is C16H6F8O4. The minimum absolute atomic E-state index is 0.0884. The highest BCUT2D eigenvalue weighted by molar-refractivity contribution is 5.92. The van der Waals surface area contributed by atoms with Crippen LogP contribution in [0.4, 0.5) is 35.1 Å². The Hall–Kier alpha value is -3.18. The van der Waals surface area contributed by atoms with E-state index in [1.165, 1.54) is 0 Å². The van der Waals surface area contributed by atoms with Gasteiger partial charge >= 0.3 is 24.3 Å². The van der Waals surface area contributed by atoms with Gasteiger partial charge in [-0.2, -0.15) is 26.3 Å². The van der Waals surface area contributed by atoms with Gasteiger partial charge in [0.05, 0.1) is 22.3 Å². The zero-order valence-corrected chi connectivity index (χ0v) is 13.1. The number of hydrogen-bond acceptors (Lipinski definition) is 4. The van der Waals surface area contributed by atoms with Crippen molar-refractivity contribution in [2.75, 3.05) is 0 Å². The van der Waals surface area contributed by atoms with Gasteiger partial charge in [-0.1, -0.05) is 0 Å². The molecule has 0 unspecified atom stereocenters. The summed E-state index contributed by atoms with van der Waals surface area (Å²) in [6, 6.07) is 2.00. The molecule has 2 aromatic rings. The molecule has 2 rings (SSSR count). The third kappa shape index (κ3) is 4.75. The second-order valence-electron chi connectivity index (χ2n) is 5.13. The molecule has 4 nitrogen and oxygen atoms in total. The summed E-state index contributed by atoms with van der Waals surface area (Å²) in [4.78, 5) is 31.2. The van der Waals surface area contributed by atoms with Crippen molar-refractivity contribution in [2.45, 2.75) is 12.4 Å². The molecule has 0 aliphatic carbocycles. The lowest BCUT2D eigenvalue weighted by Crippen LogP contribution is -2.15. The Morgan fingerprint density at radius 1 is 0.643 bits per heavy atom. The number of rotatable bonds is 2. The summed E-state index contributed by atoms with van der Waals surface area (Å²) in [5, 5.41) is 0. The van der Waals surface area contributed by atoms with Crippen LogP contribution in [0.15, 0.2) is 36.4 Å². The lowest BCUT2D eigenvalue weighted by atomic mass is 10.1. The Labute approximate surface area is 150 Å². The molecule has 0 spiro atoms. The molecule has 0 heterocycles. The van der Waals surface area contributed by atoms with Crippen LogP contribution in [-0.2, 0) is 22.1 Å². The lowest BCUT2D eigenvalue weighted by molar-refractivity contribution is -0.187. The predicted octanol–water partition coefficient (Wildman–Crippen LogP) is 4.93. The first-order chi connectivity index (χ1) is 12.8. The average Bonchev–Trinajstić information content (AvgIpc) is 2.58. The first-order valence-electron chi connectivity index (χ1n) is 6.97. The largest absolute Gasteiger partial charge is 0.419 e. The summed E-state index contributed by atoms with van der Waals surface area (Å²) in [5.74, 6) is -6.66. The zero-order valence-electron chi connectivity index (χ0n) is 13.1. The maximum absolute atomic E-state index is 13.2. The van der Waals surface area contributed by atoms with Gasteiger partial charge in [0.15, 0.2) is 0 Å². The fourth-order valence-corrected chi connectivity index (χ4v) is 1.91. The second kappa shape index (κ2) is 7.44. The normalized spacial score (nSPS) is 11.9. The number of carbonyl (C=O) groups excluding carboxylic acids is 2. The maximum Gasteiger partial charge on any atom is 0.419 e. The Morgan fingerprint density at radius 2 is 0.964 bits per heavy atom. The van der Waals surface area contributed by atoms with Crippen molar-refractivity contribution in [3.8, 4) is 0 Å². The minimum Gasteiger partial charge on any atom is -0.242 e. The van der Waals surface area contributed by atoms with Gasteiger partial charge in [-0.15, -0.1) is 0 Å². The highest BCUT2D eigenvalue weighted by Gasteiger charge is 2.36. The first-order valence-corrected chi connectivity index (χ1v) is 6.97. The van der Waals surface area contributed by atoms with Crippen LogP contribution < -0.4 is 0 Å². The van der Waals surface area contributed by atoms with E-state index in [4.69, 9.17) is 0 Å². The fraction of sp³-hybridized carbons (Fsp3) is 0.125. The Balaban J connectivity index is 2.15. The second-order valence-corrected chi connectivity index (χ2v) is 5.13. The molecule has 0 amide bonds. The molecule has 0 fully saturated rings. The van der Waals surface area contributed by atoms with Crippen molar-refractivity contribution in [1.29, 1.82) is 0 Å². The summed E-state index contributed by atoms with van der Waals surface area (Å²) in [5.41, 5.74) is -5.28. The molecule has 150 valence electrons. The Morgan fingerprint density at radius 3 is 1.25 bits per heavy atom. The molecule has 0 bridgehead atoms. The van der Waals surface area contributed by atoms with Gasteiger partial charge in [0.2, 0.25) is 0 Å². The summed E-state index contributed by atoms with van der Waals surface area (Å²) in [6.07, 6.45) is -10.3. The van der Waals surface area contributed by atoms with Crippen molar-refractivity contribution in [3.63, 3.8) is 0 Å². The van der Waals surface area contributed by atoms with Crippen LogP contribution in [0, 0.1) is 11.6 Å². The molecule has 0 aromatic heterocycles. The molecule has 0 N–H and O–H groups in total. The van der Waals surface area contributed by atoms with Crippen molar-refractivity contribution in [2.24, 2.45) is 0 Å². The van der Waals surface area contributed by atoms with E-state index < -0.39 is 58.2 Å². The van der Waals surface area contributed by atoms with E-state index in [0.29, 0.717) is 24.3 Å². The number of benzene rings is 2. The third-order valence-corrected chi connectivity index (χ3v) is 3.21. The van der Waals surface area contributed by atoms with Gasteiger partial charge in [-0.3, -0.25) is 0 Å². The standard InChI is InChI=1S/C16H6F8O4/c17-11-3-1-7(5-9(11)15(19,20)21)13(25)27-28-14(26)8-2-4-12(18)10(6-8)16(22,23)24/h1-6H. The minimum atomic E-state index is -5.13. The monoisotopic (exact) mass is 414 g/mol. The van der Waals surface area contributed by atoms with Crippen molar-refractivity contribution >= 4 is 11.9 Å². The molecule has 0 saturated carbocycles. The van der Waals surface area contributed by atoms with E-state index >= 15 is 0 Å². The van der Waals surface area contributed by atoms with Gasteiger partial charge in [0.25, 0.3) is 0 Å². The van der Waals surface area contributed by atoms with Gasteiger partial charge in [-0.05, 0) is 36.4 Å². The number of hydrogen-bond donors (Lipinski definition) is 0. The number of halogens is 8. The maximum atomic E-state index is 13.2. The summed E-state index contributed by atoms with van der Waals surface area (Å²) in [6.45, 7) is 0. The van der Waals surface area contributed by atoms with Crippen LogP contribution in [0.5, 0.6) is 0 Å². The predicted molar refractivity (Wildman–Crippen MR) is 73.6 cm³/mol. The zero-order chi connectivity index (χ0) is 21.3. The average molecular weight is 414 g/mol. The molecule has 0 atom stereocenters. The summed E-state index contributed by atoms with van der Waals surface area (Å²) >= 11 is 0. The smallest absolute Gasteiger partial charge is 0.242 e. The number of carbonyl (C=O) groups is 2. The quantitative estimate of drug-likeness (QED) is 0.397. The fourth-order valence-electron chi connectivity index (χ4n) is 1.91. The third-order valence-electron chi connectivity index (χ3n) is 3.21. The van der Waals surface area contributed by atoms with E-state index in [-0.39, 0.29) is 12.1 Å². The van der Waals surface area contributed by atoms with Crippen molar-refractivity contribution in [1.82, 2.24) is 0 Å². The molecule has 0 radical (unpaired) electrons. The van der Waals surface area contributed by atoms with Gasteiger partial charge in [0.1, 0.15) is 11.6 Å². The van der Waals surface area contributed by atoms with Crippen LogP contribution in [0.25, 0.3) is 0 Å². The molecule has 28 heavy (non-hydrogen) atoms. The molecule has 12 heteroatoms. The molecule has 0 saturated heterocycles. The molecular weight excluding hydrogens is 408 g/mol. The van der Waals surface area contributed by atoms with E-state index in [2.05, 4.69) is 9.78 Å². The van der Waals surface area contributed by atoms with Gasteiger partial charge in [0, 0.05) is 0 Å². The summed E-state index contributed by atoms with van der Waals surface area (Å²) in [7, 11) is 0. The van der Waals surface area contributed by atoms with Gasteiger partial charge in [-0.25, -0.2) is 28.1 Å². The first kappa shape index (κ1) is 21.1. The van der Waals surface area contributed by atoms with Crippen LogP contribution in [0.3, 0.4) is 0 Å². The van der Waals surface area contributed by atoms with Crippen molar-refractivity contribution in [3.05, 3.63) is 70.3 Å². The Kier molecular flexibility index (Phi) is 5.62. The van der Waals surface area contributed by atoms with E-state index in [9.17, 15) is 44.7 Å². The number of alkyl halides is 6. The van der Waals surface area contributed by atoms with Crippen LogP contribution in [0.1, 0.15) is 31.8 Å².